The molecule has 1 aliphatic carbocycles. The number of hydrogen-bond acceptors (Lipinski definition) is 1. The van der Waals surface area contributed by atoms with Gasteiger partial charge in [0.2, 0.25) is 0 Å². The van der Waals surface area contributed by atoms with Gasteiger partial charge in [0.15, 0.2) is 0 Å². The summed E-state index contributed by atoms with van der Waals surface area (Å²) in [7, 11) is 0. The second-order valence-electron chi connectivity index (χ2n) is 3.77. The molecule has 0 amide bonds. The first-order valence-electron chi connectivity index (χ1n) is 11.1. The number of pyridine rings is 1. The van der Waals surface area contributed by atoms with Gasteiger partial charge in [-0.05, 0) is 25.5 Å². The van der Waals surface area contributed by atoms with Crippen LogP contribution in [-0.4, -0.2) is 4.98 Å². The van der Waals surface area contributed by atoms with Gasteiger partial charge in [-0.1, -0.05) is 136 Å². The fourth-order valence-corrected chi connectivity index (χ4v) is 1.24. The van der Waals surface area contributed by atoms with Gasteiger partial charge >= 0.3 is 0 Å². The van der Waals surface area contributed by atoms with Crippen LogP contribution in [0, 0.1) is 6.92 Å². The molecule has 1 nitrogen and oxygen atoms in total. The summed E-state index contributed by atoms with van der Waals surface area (Å²) >= 11 is 0. The summed E-state index contributed by atoms with van der Waals surface area (Å²) in [4.78, 5) is 3.78. The average molecular weight is 388 g/mol. The molecule has 0 unspecified atom stereocenters. The first-order chi connectivity index (χ1) is 13.9. The molecule has 3 rings (SSSR count). The topological polar surface area (TPSA) is 12.9 Å². The molecule has 1 heteroatoms. The molecule has 0 saturated heterocycles. The van der Waals surface area contributed by atoms with Gasteiger partial charge in [0.1, 0.15) is 0 Å². The van der Waals surface area contributed by atoms with E-state index in [1.807, 2.05) is 106 Å². The number of allylic oxidation sites excluding steroid dienone is 4. The lowest BCUT2D eigenvalue weighted by Gasteiger charge is -1.82. The van der Waals surface area contributed by atoms with E-state index in [9.17, 15) is 0 Å². The van der Waals surface area contributed by atoms with Crippen molar-refractivity contribution in [3.63, 3.8) is 0 Å². The van der Waals surface area contributed by atoms with Crippen molar-refractivity contribution in [2.75, 3.05) is 0 Å². The van der Waals surface area contributed by atoms with Crippen molar-refractivity contribution >= 4 is 0 Å². The predicted octanol–water partition coefficient (Wildman–Crippen LogP) is 9.71. The van der Waals surface area contributed by atoms with Crippen LogP contribution in [0.2, 0.25) is 0 Å². The summed E-state index contributed by atoms with van der Waals surface area (Å²) in [5, 5.41) is 0. The molecule has 2 aromatic rings. The van der Waals surface area contributed by atoms with Crippen molar-refractivity contribution < 1.29 is 0 Å². The highest BCUT2D eigenvalue weighted by Crippen LogP contribution is 1.93. The molecule has 0 saturated carbocycles. The van der Waals surface area contributed by atoms with Crippen molar-refractivity contribution in [1.82, 2.24) is 4.98 Å². The minimum atomic E-state index is 1.14. The molecule has 162 valence electrons. The van der Waals surface area contributed by atoms with Crippen LogP contribution in [0.3, 0.4) is 0 Å². The Bertz CT molecular complexity index is 407. The minimum Gasteiger partial charge on any atom is -0.265 e. The largest absolute Gasteiger partial charge is 0.265 e. The smallest absolute Gasteiger partial charge is 0.0267 e. The van der Waals surface area contributed by atoms with Crippen LogP contribution in [0.1, 0.15) is 81.2 Å². The molecule has 1 heterocycles. The molecular weight excluding hydrogens is 338 g/mol. The molecule has 0 fully saturated rings. The Morgan fingerprint density at radius 3 is 1.04 bits per heavy atom. The van der Waals surface area contributed by atoms with Crippen LogP contribution >= 0.6 is 0 Å². The SMILES string of the molecule is C1=CCC=C1.CC.CC.CC.CC.CC.Cc1ccccc1.c1ccncc1. The van der Waals surface area contributed by atoms with E-state index in [4.69, 9.17) is 0 Å². The van der Waals surface area contributed by atoms with Crippen LogP contribution in [0.15, 0.2) is 85.2 Å². The van der Waals surface area contributed by atoms with E-state index in [0.29, 0.717) is 0 Å². The lowest BCUT2D eigenvalue weighted by atomic mass is 10.2. The Morgan fingerprint density at radius 1 is 0.536 bits per heavy atom. The highest BCUT2D eigenvalue weighted by Gasteiger charge is 1.72. The Kier molecular flexibility index (Phi) is 65.3. The van der Waals surface area contributed by atoms with Crippen LogP contribution in [0.4, 0.5) is 0 Å². The van der Waals surface area contributed by atoms with Crippen LogP contribution in [-0.2, 0) is 0 Å². The lowest BCUT2D eigenvalue weighted by molar-refractivity contribution is 1.33. The molecule has 0 atom stereocenters. The highest BCUT2D eigenvalue weighted by atomic mass is 14.6. The number of benzene rings is 1. The second kappa shape index (κ2) is 49.8. The summed E-state index contributed by atoms with van der Waals surface area (Å²) in [6.45, 7) is 22.1. The zero-order valence-corrected chi connectivity index (χ0v) is 20.7. The molecular formula is C27H49N. The van der Waals surface area contributed by atoms with Crippen LogP contribution in [0.25, 0.3) is 0 Å². The van der Waals surface area contributed by atoms with E-state index in [2.05, 4.69) is 48.3 Å². The standard InChI is InChI=1S/C7H8.C5H5N.C5H6.5C2H6/c1-7-5-3-2-4-6-7;1-2-4-6-5-3-1;1-2-4-5-3-1;5*1-2/h2-6H,1H3;1-5H;1-4H,5H2;5*1-2H3. The number of hydrogen-bond donors (Lipinski definition) is 0. The summed E-state index contributed by atoms with van der Waals surface area (Å²) < 4.78 is 0. The van der Waals surface area contributed by atoms with Crippen molar-refractivity contribution in [1.29, 1.82) is 0 Å². The van der Waals surface area contributed by atoms with Gasteiger partial charge in [0.25, 0.3) is 0 Å². The fraction of sp³-hybridized carbons (Fsp3) is 0.444. The molecule has 1 aromatic carbocycles. The molecule has 0 N–H and O–H groups in total. The second-order valence-corrected chi connectivity index (χ2v) is 3.77. The summed E-state index contributed by atoms with van der Waals surface area (Å²) in [5.74, 6) is 0. The third-order valence-electron chi connectivity index (χ3n) is 2.16. The number of rotatable bonds is 0. The molecule has 1 aliphatic rings. The normalized spacial score (nSPS) is 8.11. The summed E-state index contributed by atoms with van der Waals surface area (Å²) in [6.07, 6.45) is 13.0. The van der Waals surface area contributed by atoms with Gasteiger partial charge in [-0.25, -0.2) is 0 Å². The third-order valence-corrected chi connectivity index (χ3v) is 2.16. The summed E-state index contributed by atoms with van der Waals surface area (Å²) in [5.41, 5.74) is 1.32. The Labute approximate surface area is 178 Å². The van der Waals surface area contributed by atoms with Crippen molar-refractivity contribution in [3.05, 3.63) is 90.8 Å². The van der Waals surface area contributed by atoms with Gasteiger partial charge in [-0.15, -0.1) is 0 Å². The zero-order valence-electron chi connectivity index (χ0n) is 20.7. The van der Waals surface area contributed by atoms with E-state index in [0.717, 1.165) is 6.42 Å². The minimum absolute atomic E-state index is 1.14. The van der Waals surface area contributed by atoms with Crippen LogP contribution < -0.4 is 0 Å². The Balaban J connectivity index is -0.0000000779. The molecule has 0 bridgehead atoms. The van der Waals surface area contributed by atoms with Gasteiger partial charge in [-0.2, -0.15) is 0 Å². The zero-order chi connectivity index (χ0) is 22.9. The fourth-order valence-electron chi connectivity index (χ4n) is 1.24. The quantitative estimate of drug-likeness (QED) is 0.438. The maximum absolute atomic E-state index is 3.78. The van der Waals surface area contributed by atoms with Gasteiger partial charge in [0.05, 0.1) is 0 Å². The van der Waals surface area contributed by atoms with Crippen molar-refractivity contribution in [2.45, 2.75) is 82.6 Å². The highest BCUT2D eigenvalue weighted by molar-refractivity contribution is 5.12. The van der Waals surface area contributed by atoms with E-state index >= 15 is 0 Å². The maximum Gasteiger partial charge on any atom is 0.0267 e. The van der Waals surface area contributed by atoms with Gasteiger partial charge in [0, 0.05) is 12.4 Å². The van der Waals surface area contributed by atoms with Crippen molar-refractivity contribution in [3.8, 4) is 0 Å². The Hall–Kier alpha value is -2.15. The van der Waals surface area contributed by atoms with Crippen molar-refractivity contribution in [2.24, 2.45) is 0 Å². The van der Waals surface area contributed by atoms with Gasteiger partial charge in [-0.3, -0.25) is 4.98 Å². The van der Waals surface area contributed by atoms with E-state index in [-0.39, 0.29) is 0 Å². The van der Waals surface area contributed by atoms with Gasteiger partial charge < -0.3 is 0 Å². The van der Waals surface area contributed by atoms with E-state index in [1.54, 1.807) is 12.4 Å². The average Bonchev–Trinajstić information content (AvgIpc) is 3.43. The number of aromatic nitrogens is 1. The maximum atomic E-state index is 3.78. The monoisotopic (exact) mass is 387 g/mol. The molecule has 28 heavy (non-hydrogen) atoms. The number of nitrogens with zero attached hydrogens (tertiary/aromatic N) is 1. The summed E-state index contributed by atoms with van der Waals surface area (Å²) in [6, 6.07) is 16.0. The predicted molar refractivity (Wildman–Crippen MR) is 135 cm³/mol. The Morgan fingerprint density at radius 2 is 0.893 bits per heavy atom. The third kappa shape index (κ3) is 43.9. The first kappa shape index (κ1) is 36.7. The van der Waals surface area contributed by atoms with E-state index in [1.165, 1.54) is 5.56 Å². The molecule has 0 aliphatic heterocycles. The van der Waals surface area contributed by atoms with Crippen LogP contribution in [0.5, 0.6) is 0 Å². The first-order valence-corrected chi connectivity index (χ1v) is 11.1. The van der Waals surface area contributed by atoms with E-state index < -0.39 is 0 Å². The number of aryl methyl sites for hydroxylation is 1. The molecule has 0 radical (unpaired) electrons. The molecule has 1 aromatic heterocycles. The molecule has 0 spiro atoms. The lowest BCUT2D eigenvalue weighted by Crippen LogP contribution is -1.62.